The zero-order chi connectivity index (χ0) is 12.2. The van der Waals surface area contributed by atoms with Gasteiger partial charge in [0.2, 0.25) is 0 Å². The van der Waals surface area contributed by atoms with Crippen molar-refractivity contribution in [3.05, 3.63) is 12.2 Å². The summed E-state index contributed by atoms with van der Waals surface area (Å²) >= 11 is 6.79. The minimum Gasteiger partial charge on any atom is -0.258 e. The summed E-state index contributed by atoms with van der Waals surface area (Å²) in [6, 6.07) is 0. The van der Waals surface area contributed by atoms with Gasteiger partial charge >= 0.3 is 0 Å². The van der Waals surface area contributed by atoms with Crippen LogP contribution in [0.2, 0.25) is 0 Å². The zero-order valence-corrected chi connectivity index (χ0v) is 12.6. The Morgan fingerprint density at radius 3 is 2.27 bits per heavy atom. The minimum atomic E-state index is -0.949. The predicted molar refractivity (Wildman–Crippen MR) is 77.2 cm³/mol. The van der Waals surface area contributed by atoms with E-state index < -0.39 is 10.8 Å². The summed E-state index contributed by atoms with van der Waals surface area (Å²) in [5, 5.41) is -0.0486. The van der Waals surface area contributed by atoms with Gasteiger partial charge in [0, 0.05) is 15.5 Å². The topological polar surface area (TPSA) is 17.1 Å². The van der Waals surface area contributed by atoms with Crippen molar-refractivity contribution in [2.75, 3.05) is 6.26 Å². The maximum atomic E-state index is 12.3. The SMILES string of the molecule is C=C(C)C[C@@H](C(=S)SC)[S@@](=O)C(C)(C)C. The summed E-state index contributed by atoms with van der Waals surface area (Å²) in [7, 11) is -0.949. The first kappa shape index (κ1) is 15.3. The summed E-state index contributed by atoms with van der Waals surface area (Å²) < 4.78 is 12.9. The Morgan fingerprint density at radius 2 is 2.00 bits per heavy atom. The number of allylic oxidation sites excluding steroid dienone is 1. The molecule has 2 atom stereocenters. The van der Waals surface area contributed by atoms with Gasteiger partial charge in [-0.1, -0.05) is 17.8 Å². The second kappa shape index (κ2) is 6.16. The van der Waals surface area contributed by atoms with Crippen LogP contribution in [0.3, 0.4) is 0 Å². The molecule has 4 heteroatoms. The van der Waals surface area contributed by atoms with Gasteiger partial charge in [0.15, 0.2) is 0 Å². The van der Waals surface area contributed by atoms with Gasteiger partial charge in [0.1, 0.15) is 0 Å². The van der Waals surface area contributed by atoms with E-state index in [1.807, 2.05) is 34.0 Å². The van der Waals surface area contributed by atoms with E-state index in [0.717, 1.165) is 16.2 Å². The fourth-order valence-corrected chi connectivity index (χ4v) is 3.83. The van der Waals surface area contributed by atoms with Crippen molar-refractivity contribution in [2.24, 2.45) is 0 Å². The first-order chi connectivity index (χ1) is 6.70. The Kier molecular flexibility index (Phi) is 6.30. The number of thioether (sulfide) groups is 1. The van der Waals surface area contributed by atoms with Crippen LogP contribution in [0, 0.1) is 0 Å². The van der Waals surface area contributed by atoms with Crippen molar-refractivity contribution in [2.45, 2.75) is 44.1 Å². The standard InChI is InChI=1S/C11H20OS3/c1-8(2)7-9(10(13)14-6)15(12)11(3,4)5/h9H,1,7H2,2-6H3/t9-,15+/m0/s1. The second-order valence-corrected chi connectivity index (χ2v) is 8.52. The minimum absolute atomic E-state index is 0.0486. The maximum absolute atomic E-state index is 12.3. The Labute approximate surface area is 106 Å². The highest BCUT2D eigenvalue weighted by atomic mass is 32.2. The zero-order valence-electron chi connectivity index (χ0n) is 10.1. The fourth-order valence-electron chi connectivity index (χ4n) is 1.12. The summed E-state index contributed by atoms with van der Waals surface area (Å²) in [6.45, 7) is 11.8. The van der Waals surface area contributed by atoms with Gasteiger partial charge in [-0.2, -0.15) is 0 Å². The van der Waals surface area contributed by atoms with Crippen molar-refractivity contribution in [3.63, 3.8) is 0 Å². The van der Waals surface area contributed by atoms with Crippen molar-refractivity contribution in [1.82, 2.24) is 0 Å². The highest BCUT2D eigenvalue weighted by Gasteiger charge is 2.30. The normalized spacial score (nSPS) is 15.8. The molecule has 1 nitrogen and oxygen atoms in total. The van der Waals surface area contributed by atoms with E-state index in [4.69, 9.17) is 12.2 Å². The molecule has 0 N–H and O–H groups in total. The van der Waals surface area contributed by atoms with Crippen molar-refractivity contribution >= 4 is 39.0 Å². The summed E-state index contributed by atoms with van der Waals surface area (Å²) in [5.74, 6) is 0. The summed E-state index contributed by atoms with van der Waals surface area (Å²) in [6.07, 6.45) is 2.66. The fraction of sp³-hybridized carbons (Fsp3) is 0.727. The summed E-state index contributed by atoms with van der Waals surface area (Å²) in [4.78, 5) is 0. The molecule has 0 saturated carbocycles. The molecule has 0 aromatic heterocycles. The molecule has 0 fully saturated rings. The molecule has 0 unspecified atom stereocenters. The third-order valence-electron chi connectivity index (χ3n) is 1.86. The quantitative estimate of drug-likeness (QED) is 0.571. The van der Waals surface area contributed by atoms with Crippen LogP contribution in [-0.2, 0) is 10.8 Å². The second-order valence-electron chi connectivity index (χ2n) is 4.58. The molecule has 0 amide bonds. The molecule has 15 heavy (non-hydrogen) atoms. The number of rotatable bonds is 4. The predicted octanol–water partition coefficient (Wildman–Crippen LogP) is 3.56. The monoisotopic (exact) mass is 264 g/mol. The molecule has 0 saturated heterocycles. The van der Waals surface area contributed by atoms with Crippen molar-refractivity contribution in [3.8, 4) is 0 Å². The first-order valence-corrected chi connectivity index (χ1v) is 7.67. The molecule has 0 rings (SSSR count). The van der Waals surface area contributed by atoms with E-state index in [9.17, 15) is 4.21 Å². The van der Waals surface area contributed by atoms with Crippen LogP contribution in [0.1, 0.15) is 34.1 Å². The molecule has 88 valence electrons. The Bertz CT molecular complexity index is 276. The van der Waals surface area contributed by atoms with E-state index in [-0.39, 0.29) is 10.00 Å². The average Bonchev–Trinajstić information content (AvgIpc) is 2.10. The number of hydrogen-bond acceptors (Lipinski definition) is 3. The average molecular weight is 264 g/mol. The lowest BCUT2D eigenvalue weighted by Crippen LogP contribution is -2.35. The molecular weight excluding hydrogens is 244 g/mol. The van der Waals surface area contributed by atoms with E-state index in [1.54, 1.807) is 0 Å². The Hall–Kier alpha value is 0.330. The third-order valence-corrected chi connectivity index (χ3v) is 5.76. The highest BCUT2D eigenvalue weighted by molar-refractivity contribution is 8.24. The van der Waals surface area contributed by atoms with Crippen molar-refractivity contribution < 1.29 is 4.21 Å². The van der Waals surface area contributed by atoms with Crippen molar-refractivity contribution in [1.29, 1.82) is 0 Å². The van der Waals surface area contributed by atoms with E-state index in [1.165, 1.54) is 11.8 Å². The molecule has 0 spiro atoms. The first-order valence-electron chi connectivity index (χ1n) is 4.83. The molecule has 0 aliphatic carbocycles. The number of hydrogen-bond donors (Lipinski definition) is 0. The van der Waals surface area contributed by atoms with Crippen LogP contribution in [0.5, 0.6) is 0 Å². The van der Waals surface area contributed by atoms with E-state index in [2.05, 4.69) is 6.58 Å². The van der Waals surface area contributed by atoms with Crippen LogP contribution in [-0.4, -0.2) is 24.7 Å². The van der Waals surface area contributed by atoms with Crippen LogP contribution in [0.4, 0.5) is 0 Å². The van der Waals surface area contributed by atoms with Crippen LogP contribution in [0.25, 0.3) is 0 Å². The lowest BCUT2D eigenvalue weighted by Gasteiger charge is -2.25. The largest absolute Gasteiger partial charge is 0.258 e. The van der Waals surface area contributed by atoms with Gasteiger partial charge in [-0.3, -0.25) is 4.21 Å². The van der Waals surface area contributed by atoms with Gasteiger partial charge in [-0.15, -0.1) is 18.3 Å². The lowest BCUT2D eigenvalue weighted by molar-refractivity contribution is 0.643. The molecule has 0 bridgehead atoms. The van der Waals surface area contributed by atoms with E-state index >= 15 is 0 Å². The Morgan fingerprint density at radius 1 is 1.53 bits per heavy atom. The number of thiocarbonyl (C=S) groups is 1. The molecule has 0 heterocycles. The maximum Gasteiger partial charge on any atom is 0.0801 e. The molecule has 0 aromatic carbocycles. The van der Waals surface area contributed by atoms with Crippen LogP contribution < -0.4 is 0 Å². The van der Waals surface area contributed by atoms with Gasteiger partial charge in [0.25, 0.3) is 0 Å². The third kappa shape index (κ3) is 5.27. The summed E-state index contributed by atoms with van der Waals surface area (Å²) in [5.41, 5.74) is 1.04. The van der Waals surface area contributed by atoms with Crippen LogP contribution in [0.15, 0.2) is 12.2 Å². The van der Waals surface area contributed by atoms with Gasteiger partial charge < -0.3 is 0 Å². The lowest BCUT2D eigenvalue weighted by atomic mass is 10.2. The van der Waals surface area contributed by atoms with Gasteiger partial charge in [0.05, 0.1) is 9.45 Å². The molecular formula is C11H20OS3. The molecule has 0 aliphatic rings. The Balaban J connectivity index is 4.87. The van der Waals surface area contributed by atoms with E-state index in [0.29, 0.717) is 0 Å². The smallest absolute Gasteiger partial charge is 0.0801 e. The van der Waals surface area contributed by atoms with Crippen LogP contribution >= 0.6 is 24.0 Å². The molecule has 0 aliphatic heterocycles. The van der Waals surface area contributed by atoms with Gasteiger partial charge in [-0.25, -0.2) is 0 Å². The molecule has 0 radical (unpaired) electrons. The van der Waals surface area contributed by atoms with Gasteiger partial charge in [-0.05, 0) is 40.4 Å². The molecule has 0 aromatic rings. The highest BCUT2D eigenvalue weighted by Crippen LogP contribution is 2.24.